The molecule has 0 saturated heterocycles. The fourth-order valence-electron chi connectivity index (χ4n) is 1.39. The lowest BCUT2D eigenvalue weighted by atomic mass is 9.83. The Hall–Kier alpha value is -1.62. The van der Waals surface area contributed by atoms with Crippen molar-refractivity contribution >= 4 is 23.3 Å². The molecule has 6 heteroatoms. The van der Waals surface area contributed by atoms with E-state index in [1.54, 1.807) is 0 Å². The first-order chi connectivity index (χ1) is 7.28. The molecule has 0 aliphatic carbocycles. The molecule has 0 heterocycles. The highest BCUT2D eigenvalue weighted by Gasteiger charge is 2.37. The van der Waals surface area contributed by atoms with Crippen LogP contribution < -0.4 is 0 Å². The number of halogens is 1. The predicted octanol–water partition coefficient (Wildman–Crippen LogP) is 2.61. The lowest BCUT2D eigenvalue weighted by molar-refractivity contribution is -0.385. The van der Waals surface area contributed by atoms with Crippen molar-refractivity contribution in [2.45, 2.75) is 19.3 Å². The van der Waals surface area contributed by atoms with E-state index < -0.39 is 16.3 Å². The van der Waals surface area contributed by atoms with Gasteiger partial charge in [-0.1, -0.05) is 17.7 Å². The highest BCUT2D eigenvalue weighted by Crippen LogP contribution is 2.37. The number of nitrogens with zero attached hydrogens (tertiary/aromatic N) is 1. The Morgan fingerprint density at radius 1 is 1.50 bits per heavy atom. The standard InChI is InChI=1S/C10H10ClNO4/c1-10(2,9(13)14)8-6(11)4-3-5-7(8)12(15)16/h3-5H,1-2H3,(H,13,14). The van der Waals surface area contributed by atoms with Gasteiger partial charge in [0.15, 0.2) is 0 Å². The second kappa shape index (κ2) is 4.09. The number of nitro benzene ring substituents is 1. The van der Waals surface area contributed by atoms with Gasteiger partial charge >= 0.3 is 5.97 Å². The average molecular weight is 244 g/mol. The van der Waals surface area contributed by atoms with Gasteiger partial charge in [-0.2, -0.15) is 0 Å². The average Bonchev–Trinajstić information content (AvgIpc) is 2.16. The Kier molecular flexibility index (Phi) is 3.19. The number of hydrogen-bond acceptors (Lipinski definition) is 3. The van der Waals surface area contributed by atoms with Gasteiger partial charge in [-0.05, 0) is 19.9 Å². The highest BCUT2D eigenvalue weighted by atomic mass is 35.5. The number of carbonyl (C=O) groups is 1. The summed E-state index contributed by atoms with van der Waals surface area (Å²) in [6.45, 7) is 2.76. The molecule has 16 heavy (non-hydrogen) atoms. The van der Waals surface area contributed by atoms with Gasteiger partial charge in [0.25, 0.3) is 5.69 Å². The van der Waals surface area contributed by atoms with Gasteiger partial charge in [-0.15, -0.1) is 0 Å². The van der Waals surface area contributed by atoms with Gasteiger partial charge in [0.2, 0.25) is 0 Å². The fourth-order valence-corrected chi connectivity index (χ4v) is 1.80. The third kappa shape index (κ3) is 1.99. The molecule has 0 aliphatic heterocycles. The maximum atomic E-state index is 11.1. The largest absolute Gasteiger partial charge is 0.481 e. The first kappa shape index (κ1) is 12.4. The summed E-state index contributed by atoms with van der Waals surface area (Å²) in [4.78, 5) is 21.2. The number of carboxylic acids is 1. The zero-order chi connectivity index (χ0) is 12.5. The molecular formula is C10H10ClNO4. The number of aliphatic carboxylic acids is 1. The number of rotatable bonds is 3. The number of nitro groups is 1. The highest BCUT2D eigenvalue weighted by molar-refractivity contribution is 6.32. The second-order valence-corrected chi connectivity index (χ2v) is 4.23. The van der Waals surface area contributed by atoms with Crippen molar-refractivity contribution < 1.29 is 14.8 Å². The molecule has 1 aromatic rings. The molecule has 0 atom stereocenters. The zero-order valence-electron chi connectivity index (χ0n) is 8.73. The van der Waals surface area contributed by atoms with E-state index in [2.05, 4.69) is 0 Å². The summed E-state index contributed by atoms with van der Waals surface area (Å²) in [7, 11) is 0. The van der Waals surface area contributed by atoms with E-state index in [1.165, 1.54) is 32.0 Å². The van der Waals surface area contributed by atoms with Crippen molar-refractivity contribution in [2.24, 2.45) is 0 Å². The molecule has 0 radical (unpaired) electrons. The molecule has 5 nitrogen and oxygen atoms in total. The van der Waals surface area contributed by atoms with Crippen LogP contribution in [0.15, 0.2) is 18.2 Å². The van der Waals surface area contributed by atoms with E-state index in [-0.39, 0.29) is 16.3 Å². The summed E-state index contributed by atoms with van der Waals surface area (Å²) in [6, 6.07) is 4.10. The first-order valence-corrected chi connectivity index (χ1v) is 4.83. The molecule has 86 valence electrons. The minimum absolute atomic E-state index is 0.0224. The molecule has 1 N–H and O–H groups in total. The number of hydrogen-bond donors (Lipinski definition) is 1. The SMILES string of the molecule is CC(C)(C(=O)O)c1c(Cl)cccc1[N+](=O)[O-]. The van der Waals surface area contributed by atoms with Gasteiger partial charge in [0.1, 0.15) is 0 Å². The summed E-state index contributed by atoms with van der Waals surface area (Å²) in [5.41, 5.74) is -1.66. The Morgan fingerprint density at radius 3 is 2.50 bits per heavy atom. The summed E-state index contributed by atoms with van der Waals surface area (Å²) in [6.07, 6.45) is 0. The van der Waals surface area contributed by atoms with E-state index in [0.717, 1.165) is 0 Å². The van der Waals surface area contributed by atoms with E-state index >= 15 is 0 Å². The van der Waals surface area contributed by atoms with Crippen molar-refractivity contribution in [2.75, 3.05) is 0 Å². The lowest BCUT2D eigenvalue weighted by Crippen LogP contribution is -2.29. The van der Waals surface area contributed by atoms with Crippen LogP contribution in [0, 0.1) is 10.1 Å². The third-order valence-electron chi connectivity index (χ3n) is 2.35. The summed E-state index contributed by atoms with van der Waals surface area (Å²) >= 11 is 5.83. The maximum absolute atomic E-state index is 11.1. The van der Waals surface area contributed by atoms with Crippen LogP contribution >= 0.6 is 11.6 Å². The maximum Gasteiger partial charge on any atom is 0.313 e. The lowest BCUT2D eigenvalue weighted by Gasteiger charge is -2.20. The van der Waals surface area contributed by atoms with Gasteiger partial charge in [-0.25, -0.2) is 0 Å². The minimum Gasteiger partial charge on any atom is -0.481 e. The van der Waals surface area contributed by atoms with Crippen LogP contribution in [0.3, 0.4) is 0 Å². The topological polar surface area (TPSA) is 80.4 Å². The van der Waals surface area contributed by atoms with Crippen molar-refractivity contribution in [3.05, 3.63) is 38.9 Å². The molecule has 0 fully saturated rings. The molecular weight excluding hydrogens is 234 g/mol. The van der Waals surface area contributed by atoms with Crippen molar-refractivity contribution in [3.63, 3.8) is 0 Å². The van der Waals surface area contributed by atoms with Crippen LogP contribution in [0.5, 0.6) is 0 Å². The van der Waals surface area contributed by atoms with E-state index in [0.29, 0.717) is 0 Å². The quantitative estimate of drug-likeness (QED) is 0.654. The van der Waals surface area contributed by atoms with Crippen LogP contribution in [-0.4, -0.2) is 16.0 Å². The van der Waals surface area contributed by atoms with Crippen molar-refractivity contribution in [1.29, 1.82) is 0 Å². The van der Waals surface area contributed by atoms with Crippen molar-refractivity contribution in [3.8, 4) is 0 Å². The molecule has 0 saturated carbocycles. The molecule has 1 rings (SSSR count). The van der Waals surface area contributed by atoms with Crippen LogP contribution in [0.25, 0.3) is 0 Å². The number of carboxylic acid groups (broad SMARTS) is 1. The third-order valence-corrected chi connectivity index (χ3v) is 2.66. The zero-order valence-corrected chi connectivity index (χ0v) is 9.49. The fraction of sp³-hybridized carbons (Fsp3) is 0.300. The Morgan fingerprint density at radius 2 is 2.06 bits per heavy atom. The second-order valence-electron chi connectivity index (χ2n) is 3.82. The van der Waals surface area contributed by atoms with Crippen LogP contribution in [-0.2, 0) is 10.2 Å². The van der Waals surface area contributed by atoms with Crippen LogP contribution in [0.2, 0.25) is 5.02 Å². The molecule has 1 aromatic carbocycles. The van der Waals surface area contributed by atoms with Crippen LogP contribution in [0.1, 0.15) is 19.4 Å². The van der Waals surface area contributed by atoms with Gasteiger partial charge < -0.3 is 5.11 Å². The summed E-state index contributed by atoms with van der Waals surface area (Å²) in [5, 5.41) is 19.9. The van der Waals surface area contributed by atoms with Gasteiger partial charge in [0, 0.05) is 6.07 Å². The first-order valence-electron chi connectivity index (χ1n) is 4.45. The Balaban J connectivity index is 3.54. The summed E-state index contributed by atoms with van der Waals surface area (Å²) < 4.78 is 0. The van der Waals surface area contributed by atoms with E-state index in [9.17, 15) is 14.9 Å². The van der Waals surface area contributed by atoms with E-state index in [4.69, 9.17) is 16.7 Å². The molecule has 0 spiro atoms. The van der Waals surface area contributed by atoms with Gasteiger partial charge in [-0.3, -0.25) is 14.9 Å². The normalized spacial score (nSPS) is 11.2. The van der Waals surface area contributed by atoms with Crippen molar-refractivity contribution in [1.82, 2.24) is 0 Å². The van der Waals surface area contributed by atoms with Crippen LogP contribution in [0.4, 0.5) is 5.69 Å². The Bertz CT molecular complexity index is 456. The molecule has 0 unspecified atom stereocenters. The molecule has 0 amide bonds. The predicted molar refractivity (Wildman–Crippen MR) is 58.8 cm³/mol. The van der Waals surface area contributed by atoms with Gasteiger partial charge in [0.05, 0.1) is 20.9 Å². The molecule has 0 aromatic heterocycles. The smallest absolute Gasteiger partial charge is 0.313 e. The monoisotopic (exact) mass is 243 g/mol. The molecule has 0 bridgehead atoms. The molecule has 0 aliphatic rings. The number of benzene rings is 1. The summed E-state index contributed by atoms with van der Waals surface area (Å²) in [5.74, 6) is -1.16. The minimum atomic E-state index is -1.40. The Labute approximate surface area is 96.8 Å². The van der Waals surface area contributed by atoms with E-state index in [1.807, 2.05) is 0 Å².